The van der Waals surface area contributed by atoms with Gasteiger partial charge < -0.3 is 9.67 Å². The van der Waals surface area contributed by atoms with Gasteiger partial charge in [-0.2, -0.15) is 0 Å². The fourth-order valence-electron chi connectivity index (χ4n) is 9.24. The molecule has 0 saturated carbocycles. The van der Waals surface area contributed by atoms with E-state index in [0.717, 1.165) is 44.9 Å². The number of fused-ring (bicyclic) bond motifs is 4. The minimum atomic E-state index is -0.114. The van der Waals surface area contributed by atoms with E-state index in [9.17, 15) is 5.11 Å². The maximum absolute atomic E-state index is 10.9. The number of benzene rings is 6. The van der Waals surface area contributed by atoms with Gasteiger partial charge in [0.25, 0.3) is 0 Å². The van der Waals surface area contributed by atoms with Gasteiger partial charge in [0.05, 0.1) is 11.4 Å². The number of pyridine rings is 2. The zero-order chi connectivity index (χ0) is 40.4. The Morgan fingerprint density at radius 2 is 1.18 bits per heavy atom. The predicted octanol–water partition coefficient (Wildman–Crippen LogP) is 14.1. The van der Waals surface area contributed by atoms with Crippen LogP contribution in [0, 0.1) is 13.0 Å². The van der Waals surface area contributed by atoms with E-state index in [1.165, 1.54) is 50.0 Å². The molecule has 60 heavy (non-hydrogen) atoms. The number of aromatic hydroxyl groups is 1. The average Bonchev–Trinajstić information content (AvgIpc) is 3.73. The van der Waals surface area contributed by atoms with E-state index in [0.29, 0.717) is 11.3 Å². The largest absolute Gasteiger partial charge is 0.507 e. The Balaban J connectivity index is 0.00000462. The summed E-state index contributed by atoms with van der Waals surface area (Å²) >= 11 is 0. The number of hydrogen-bond donors (Lipinski definition) is 1. The van der Waals surface area contributed by atoms with Crippen molar-refractivity contribution in [1.82, 2.24) is 14.5 Å². The second-order valence-corrected chi connectivity index (χ2v) is 16.5. The maximum Gasteiger partial charge on any atom is 0.124 e. The summed E-state index contributed by atoms with van der Waals surface area (Å²) in [4.78, 5) is 10.2. The molecule has 296 valence electrons. The minimum Gasteiger partial charge on any atom is -0.507 e. The zero-order valence-corrected chi connectivity index (χ0v) is 36.5. The van der Waals surface area contributed by atoms with Gasteiger partial charge in [-0.05, 0) is 102 Å². The third kappa shape index (κ3) is 6.60. The van der Waals surface area contributed by atoms with Crippen LogP contribution in [0.2, 0.25) is 0 Å². The Hall–Kier alpha value is -6.35. The quantitative estimate of drug-likeness (QED) is 0.162. The van der Waals surface area contributed by atoms with Crippen molar-refractivity contribution < 1.29 is 26.2 Å². The maximum atomic E-state index is 10.9. The van der Waals surface area contributed by atoms with Crippen LogP contribution in [0.3, 0.4) is 0 Å². The smallest absolute Gasteiger partial charge is 0.124 e. The van der Waals surface area contributed by atoms with Crippen LogP contribution >= 0.6 is 0 Å². The summed E-state index contributed by atoms with van der Waals surface area (Å²) in [5, 5.41) is 12.1. The molecule has 4 nitrogen and oxygen atoms in total. The van der Waals surface area contributed by atoms with Gasteiger partial charge in [0.1, 0.15) is 5.75 Å². The molecule has 0 aliphatic heterocycles. The fourth-order valence-corrected chi connectivity index (χ4v) is 9.24. The molecule has 1 aliphatic carbocycles. The first-order valence-corrected chi connectivity index (χ1v) is 20.4. The molecule has 0 fully saturated rings. The molecule has 0 amide bonds. The van der Waals surface area contributed by atoms with E-state index < -0.39 is 0 Å². The molecule has 0 radical (unpaired) electrons. The Labute approximate surface area is 366 Å². The van der Waals surface area contributed by atoms with Crippen LogP contribution < -0.4 is 0 Å². The molecule has 3 aromatic heterocycles. The number of hydrogen-bond acceptors (Lipinski definition) is 3. The van der Waals surface area contributed by atoms with E-state index >= 15 is 0 Å². The van der Waals surface area contributed by atoms with Gasteiger partial charge in [-0.25, -0.2) is 0 Å². The Morgan fingerprint density at radius 1 is 0.550 bits per heavy atom. The molecule has 9 aromatic rings. The van der Waals surface area contributed by atoms with Crippen LogP contribution in [0.15, 0.2) is 164 Å². The van der Waals surface area contributed by atoms with Crippen LogP contribution in [0.5, 0.6) is 5.75 Å². The van der Waals surface area contributed by atoms with Gasteiger partial charge in [0.2, 0.25) is 0 Å². The van der Waals surface area contributed by atoms with E-state index in [1.807, 2.05) is 48.5 Å². The van der Waals surface area contributed by atoms with Gasteiger partial charge in [-0.3, -0.25) is 9.97 Å². The molecule has 3 heterocycles. The van der Waals surface area contributed by atoms with Crippen molar-refractivity contribution in [3.05, 3.63) is 187 Å². The number of para-hydroxylation sites is 2. The first-order valence-electron chi connectivity index (χ1n) is 20.4. The van der Waals surface area contributed by atoms with E-state index in [2.05, 4.69) is 154 Å². The summed E-state index contributed by atoms with van der Waals surface area (Å²) < 4.78 is 2.50. The summed E-state index contributed by atoms with van der Waals surface area (Å²) in [5.74, 6) is 0.192. The van der Waals surface area contributed by atoms with E-state index in [4.69, 9.17) is 9.97 Å². The number of phenols is 1. The molecule has 0 spiro atoms. The standard InChI is InChI=1S/C55H44N3O.Pt/c1-34(2)58-51-24-13-10-22-45(51)53(39-26-27-43-42-20-9-12-23-46(42)55(4,5)47(43)30-39)54(58)41-28-35(3)56-48(33-41)37-18-15-19-38(29-37)49-31-40(36-16-7-6-8-17-36)32-50(57-49)44-21-11-14-25-52(44)59;/h6-28,30-34,59H,1-5H3;/q-1;. The van der Waals surface area contributed by atoms with Gasteiger partial charge in [-0.1, -0.05) is 134 Å². The third-order valence-corrected chi connectivity index (χ3v) is 12.0. The van der Waals surface area contributed by atoms with Crippen LogP contribution in [-0.2, 0) is 26.5 Å². The molecule has 6 aromatic carbocycles. The van der Waals surface area contributed by atoms with E-state index in [-0.39, 0.29) is 38.3 Å². The van der Waals surface area contributed by atoms with Crippen molar-refractivity contribution in [2.24, 2.45) is 0 Å². The molecule has 5 heteroatoms. The van der Waals surface area contributed by atoms with Crippen molar-refractivity contribution in [3.63, 3.8) is 0 Å². The summed E-state index contributed by atoms with van der Waals surface area (Å²) in [5.41, 5.74) is 19.0. The minimum absolute atomic E-state index is 0. The Kier molecular flexibility index (Phi) is 10.0. The monoisotopic (exact) mass is 957 g/mol. The number of phenolic OH excluding ortho intramolecular Hbond substituents is 1. The van der Waals surface area contributed by atoms with E-state index in [1.54, 1.807) is 6.07 Å². The van der Waals surface area contributed by atoms with Gasteiger partial charge >= 0.3 is 0 Å². The van der Waals surface area contributed by atoms with Gasteiger partial charge in [0, 0.05) is 71.6 Å². The third-order valence-electron chi connectivity index (χ3n) is 12.0. The summed E-state index contributed by atoms with van der Waals surface area (Å²) in [6.45, 7) is 11.3. The Morgan fingerprint density at radius 3 is 1.95 bits per heavy atom. The first-order chi connectivity index (χ1) is 28.7. The van der Waals surface area contributed by atoms with Crippen molar-refractivity contribution in [2.75, 3.05) is 0 Å². The Bertz CT molecular complexity index is 3090. The molecule has 0 saturated heterocycles. The van der Waals surface area contributed by atoms with Gasteiger partial charge in [0.15, 0.2) is 0 Å². The topological polar surface area (TPSA) is 50.9 Å². The molecule has 10 rings (SSSR count). The molecular formula is C55H44N3OPt-. The summed E-state index contributed by atoms with van der Waals surface area (Å²) in [6.07, 6.45) is 0. The molecular weight excluding hydrogens is 914 g/mol. The second kappa shape index (κ2) is 15.4. The van der Waals surface area contributed by atoms with Crippen LogP contribution in [0.25, 0.3) is 89.3 Å². The first kappa shape index (κ1) is 39.1. The SMILES string of the molecule is Cc1cc(-c2c(-c3ccc4c(c3)C(C)(C)c3ccccc3-4)c3ccccc3n2C(C)C)cc(-c2[c-]c(-c3cc(-c4ccccc4)cc(-c4ccccc4O)n3)ccc2)n1.[Pt]. The van der Waals surface area contributed by atoms with Crippen molar-refractivity contribution >= 4 is 10.9 Å². The van der Waals surface area contributed by atoms with Crippen LogP contribution in [-0.4, -0.2) is 19.6 Å². The molecule has 0 atom stereocenters. The number of aromatic nitrogens is 3. The number of aryl methyl sites for hydroxylation is 1. The summed E-state index contributed by atoms with van der Waals surface area (Å²) in [7, 11) is 0. The molecule has 1 N–H and O–H groups in total. The normalized spacial score (nSPS) is 12.6. The van der Waals surface area contributed by atoms with Crippen molar-refractivity contribution in [1.29, 1.82) is 0 Å². The van der Waals surface area contributed by atoms with Gasteiger partial charge in [-0.15, -0.1) is 24.3 Å². The molecule has 0 bridgehead atoms. The second-order valence-electron chi connectivity index (χ2n) is 16.5. The summed E-state index contributed by atoms with van der Waals surface area (Å²) in [6, 6.07) is 61.1. The number of nitrogens with zero attached hydrogens (tertiary/aromatic N) is 3. The van der Waals surface area contributed by atoms with Crippen molar-refractivity contribution in [3.8, 4) is 84.2 Å². The van der Waals surface area contributed by atoms with Crippen LogP contribution in [0.1, 0.15) is 50.6 Å². The molecule has 1 aliphatic rings. The zero-order valence-electron chi connectivity index (χ0n) is 34.3. The fraction of sp³-hybridized carbons (Fsp3) is 0.127. The average molecular weight is 958 g/mol. The number of rotatable bonds is 7. The molecule has 0 unspecified atom stereocenters. The van der Waals surface area contributed by atoms with Crippen LogP contribution in [0.4, 0.5) is 0 Å². The van der Waals surface area contributed by atoms with Crippen molar-refractivity contribution in [2.45, 2.75) is 46.1 Å². The predicted molar refractivity (Wildman–Crippen MR) is 243 cm³/mol.